The van der Waals surface area contributed by atoms with Crippen molar-refractivity contribution in [2.45, 2.75) is 39.2 Å². The maximum Gasteiger partial charge on any atom is 0.191 e. The second-order valence-electron chi connectivity index (χ2n) is 8.49. The summed E-state index contributed by atoms with van der Waals surface area (Å²) in [5.41, 5.74) is 0. The Morgan fingerprint density at radius 3 is 2.70 bits per heavy atom. The summed E-state index contributed by atoms with van der Waals surface area (Å²) in [4.78, 5) is 7.51. The number of rotatable bonds is 10. The highest BCUT2D eigenvalue weighted by atomic mass is 127. The Bertz CT molecular complexity index is 585. The summed E-state index contributed by atoms with van der Waals surface area (Å²) < 4.78 is 16.5. The van der Waals surface area contributed by atoms with E-state index in [9.17, 15) is 0 Å². The molecule has 0 bridgehead atoms. The third-order valence-corrected chi connectivity index (χ3v) is 5.59. The molecule has 3 rings (SSSR count). The average molecular weight is 534 g/mol. The van der Waals surface area contributed by atoms with E-state index in [1.54, 1.807) is 6.26 Å². The fourth-order valence-electron chi connectivity index (χ4n) is 3.94. The monoisotopic (exact) mass is 534 g/mol. The molecule has 1 aromatic rings. The van der Waals surface area contributed by atoms with Crippen LogP contribution in [0.4, 0.5) is 0 Å². The molecular weight excluding hydrogens is 495 g/mol. The lowest BCUT2D eigenvalue weighted by Gasteiger charge is -2.34. The summed E-state index contributed by atoms with van der Waals surface area (Å²) in [6.07, 6.45) is 4.84. The Kier molecular flexibility index (Phi) is 12.1. The molecular formula is C22H39IN4O3. The van der Waals surface area contributed by atoms with E-state index in [4.69, 9.17) is 18.9 Å². The largest absolute Gasteiger partial charge is 0.469 e. The fourth-order valence-corrected chi connectivity index (χ4v) is 3.94. The van der Waals surface area contributed by atoms with Crippen LogP contribution in [0.2, 0.25) is 0 Å². The molecule has 7 nitrogen and oxygen atoms in total. The van der Waals surface area contributed by atoms with Gasteiger partial charge in [-0.05, 0) is 30.9 Å². The number of morpholine rings is 1. The predicted molar refractivity (Wildman–Crippen MR) is 131 cm³/mol. The quantitative estimate of drug-likeness (QED) is 0.274. The number of nitrogens with one attached hydrogen (secondary N) is 2. The highest BCUT2D eigenvalue weighted by Gasteiger charge is 2.22. The SMILES string of the molecule is CC(C)CC(CN=C(NCCc1ccco1)NCC1CCOC1)N1CCOCC1.I. The Balaban J connectivity index is 0.00000320. The molecule has 0 aliphatic carbocycles. The number of furan rings is 1. The second-order valence-corrected chi connectivity index (χ2v) is 8.49. The van der Waals surface area contributed by atoms with E-state index in [1.165, 1.54) is 0 Å². The van der Waals surface area contributed by atoms with Gasteiger partial charge in [0.25, 0.3) is 0 Å². The van der Waals surface area contributed by atoms with E-state index in [2.05, 4.69) is 29.4 Å². The van der Waals surface area contributed by atoms with Crippen molar-refractivity contribution in [3.63, 3.8) is 0 Å². The molecule has 0 saturated carbocycles. The van der Waals surface area contributed by atoms with Crippen molar-refractivity contribution < 1.29 is 13.9 Å². The van der Waals surface area contributed by atoms with Gasteiger partial charge >= 0.3 is 0 Å². The molecule has 2 N–H and O–H groups in total. The Labute approximate surface area is 198 Å². The number of ether oxygens (including phenoxy) is 2. The van der Waals surface area contributed by atoms with Crippen LogP contribution in [-0.2, 0) is 15.9 Å². The Morgan fingerprint density at radius 1 is 1.20 bits per heavy atom. The van der Waals surface area contributed by atoms with E-state index in [0.29, 0.717) is 17.9 Å². The smallest absolute Gasteiger partial charge is 0.191 e. The van der Waals surface area contributed by atoms with Gasteiger partial charge in [0.2, 0.25) is 0 Å². The van der Waals surface area contributed by atoms with Gasteiger partial charge in [0.15, 0.2) is 5.96 Å². The molecule has 3 heterocycles. The molecule has 0 radical (unpaired) electrons. The van der Waals surface area contributed by atoms with Crippen LogP contribution in [-0.4, -0.2) is 76.1 Å². The van der Waals surface area contributed by atoms with Gasteiger partial charge in [0.1, 0.15) is 5.76 Å². The molecule has 0 spiro atoms. The van der Waals surface area contributed by atoms with E-state index >= 15 is 0 Å². The minimum absolute atomic E-state index is 0. The maximum atomic E-state index is 5.54. The van der Waals surface area contributed by atoms with Crippen LogP contribution in [0.5, 0.6) is 0 Å². The lowest BCUT2D eigenvalue weighted by atomic mass is 10.0. The topological polar surface area (TPSA) is 71.3 Å². The van der Waals surface area contributed by atoms with E-state index < -0.39 is 0 Å². The van der Waals surface area contributed by atoms with Crippen molar-refractivity contribution in [3.8, 4) is 0 Å². The lowest BCUT2D eigenvalue weighted by Crippen LogP contribution is -2.47. The van der Waals surface area contributed by atoms with E-state index in [-0.39, 0.29) is 24.0 Å². The standard InChI is InChI=1S/C22H38N4O3.HI/c1-18(2)14-20(26-8-12-27-13-9-26)16-25-22(24-15-19-6-11-28-17-19)23-7-5-21-4-3-10-29-21;/h3-4,10,18-20H,5-9,11-17H2,1-2H3,(H2,23,24,25);1H. The van der Waals surface area contributed by atoms with Crippen molar-refractivity contribution in [1.29, 1.82) is 0 Å². The number of guanidine groups is 1. The highest BCUT2D eigenvalue weighted by Crippen LogP contribution is 2.14. The van der Waals surface area contributed by atoms with Crippen molar-refractivity contribution in [1.82, 2.24) is 15.5 Å². The molecule has 2 saturated heterocycles. The lowest BCUT2D eigenvalue weighted by molar-refractivity contribution is 0.0143. The van der Waals surface area contributed by atoms with Crippen molar-refractivity contribution in [2.75, 3.05) is 59.2 Å². The summed E-state index contributed by atoms with van der Waals surface area (Å²) >= 11 is 0. The van der Waals surface area contributed by atoms with Gasteiger partial charge in [-0.2, -0.15) is 0 Å². The zero-order valence-corrected chi connectivity index (χ0v) is 20.8. The molecule has 0 aromatic carbocycles. The van der Waals surface area contributed by atoms with Crippen molar-refractivity contribution >= 4 is 29.9 Å². The van der Waals surface area contributed by atoms with E-state index in [1.807, 2.05) is 12.1 Å². The molecule has 2 aliphatic heterocycles. The van der Waals surface area contributed by atoms with Crippen LogP contribution in [0.25, 0.3) is 0 Å². The van der Waals surface area contributed by atoms with Gasteiger partial charge in [-0.15, -0.1) is 24.0 Å². The molecule has 172 valence electrons. The number of halogens is 1. The average Bonchev–Trinajstić information content (AvgIpc) is 3.43. The summed E-state index contributed by atoms with van der Waals surface area (Å²) in [6.45, 7) is 12.5. The summed E-state index contributed by atoms with van der Waals surface area (Å²) in [5, 5.41) is 7.03. The third-order valence-electron chi connectivity index (χ3n) is 5.59. The molecule has 30 heavy (non-hydrogen) atoms. The van der Waals surface area contributed by atoms with E-state index in [0.717, 1.165) is 90.1 Å². The normalized spacial score (nSPS) is 21.4. The van der Waals surface area contributed by atoms with Crippen LogP contribution in [0.3, 0.4) is 0 Å². The maximum absolute atomic E-state index is 5.54. The Morgan fingerprint density at radius 2 is 2.03 bits per heavy atom. The first-order chi connectivity index (χ1) is 14.2. The third kappa shape index (κ3) is 9.11. The highest BCUT2D eigenvalue weighted by molar-refractivity contribution is 14.0. The zero-order valence-electron chi connectivity index (χ0n) is 18.5. The van der Waals surface area contributed by atoms with Crippen LogP contribution in [0.15, 0.2) is 27.8 Å². The number of hydrogen-bond donors (Lipinski definition) is 2. The first-order valence-electron chi connectivity index (χ1n) is 11.1. The summed E-state index contributed by atoms with van der Waals surface area (Å²) in [5.74, 6) is 3.10. The van der Waals surface area contributed by atoms with Gasteiger partial charge in [0, 0.05) is 51.2 Å². The molecule has 2 fully saturated rings. The first kappa shape index (κ1) is 25.4. The van der Waals surface area contributed by atoms with Gasteiger partial charge in [-0.3, -0.25) is 9.89 Å². The predicted octanol–water partition coefficient (Wildman–Crippen LogP) is 2.76. The fraction of sp³-hybridized carbons (Fsp3) is 0.773. The zero-order chi connectivity index (χ0) is 20.3. The van der Waals surface area contributed by atoms with Gasteiger partial charge in [-0.1, -0.05) is 13.8 Å². The number of nitrogens with zero attached hydrogens (tertiary/aromatic N) is 2. The number of aliphatic imine (C=N–C) groups is 1. The van der Waals surface area contributed by atoms with Gasteiger partial charge < -0.3 is 24.5 Å². The molecule has 0 amide bonds. The van der Waals surface area contributed by atoms with Crippen LogP contribution < -0.4 is 10.6 Å². The Hall–Kier alpha value is -0.840. The second kappa shape index (κ2) is 14.3. The molecule has 2 atom stereocenters. The van der Waals surface area contributed by atoms with Crippen LogP contribution >= 0.6 is 24.0 Å². The van der Waals surface area contributed by atoms with Crippen molar-refractivity contribution in [3.05, 3.63) is 24.2 Å². The molecule has 1 aromatic heterocycles. The van der Waals surface area contributed by atoms with Gasteiger partial charge in [-0.25, -0.2) is 0 Å². The first-order valence-corrected chi connectivity index (χ1v) is 11.1. The number of hydrogen-bond acceptors (Lipinski definition) is 5. The van der Waals surface area contributed by atoms with Crippen LogP contribution in [0, 0.1) is 11.8 Å². The minimum atomic E-state index is 0. The van der Waals surface area contributed by atoms with Crippen molar-refractivity contribution in [2.24, 2.45) is 16.8 Å². The van der Waals surface area contributed by atoms with Gasteiger partial charge in [0.05, 0.1) is 32.6 Å². The minimum Gasteiger partial charge on any atom is -0.469 e. The molecule has 8 heteroatoms. The molecule has 2 unspecified atom stereocenters. The summed E-state index contributed by atoms with van der Waals surface area (Å²) in [6, 6.07) is 4.40. The summed E-state index contributed by atoms with van der Waals surface area (Å²) in [7, 11) is 0. The van der Waals surface area contributed by atoms with Crippen LogP contribution in [0.1, 0.15) is 32.4 Å². The molecule has 2 aliphatic rings.